The fourth-order valence-corrected chi connectivity index (χ4v) is 4.64. The van der Waals surface area contributed by atoms with Crippen LogP contribution < -0.4 is 5.32 Å². The molecule has 5 nitrogen and oxygen atoms in total. The third-order valence-electron chi connectivity index (χ3n) is 5.24. The molecule has 3 heterocycles. The van der Waals surface area contributed by atoms with Crippen LogP contribution in [0.2, 0.25) is 5.02 Å². The minimum absolute atomic E-state index is 0.184. The molecule has 3 aromatic heterocycles. The monoisotopic (exact) mass is 444 g/mol. The third-order valence-corrected chi connectivity index (χ3v) is 6.40. The summed E-state index contributed by atoms with van der Waals surface area (Å²) in [5.74, 6) is -0.184. The molecule has 5 aromatic rings. The first kappa shape index (κ1) is 19.6. The zero-order chi connectivity index (χ0) is 21.4. The molecule has 0 aliphatic carbocycles. The van der Waals surface area contributed by atoms with E-state index < -0.39 is 0 Å². The van der Waals surface area contributed by atoms with Gasteiger partial charge in [-0.3, -0.25) is 9.78 Å². The summed E-state index contributed by atoms with van der Waals surface area (Å²) in [4.78, 5) is 26.0. The number of fused-ring (bicyclic) bond motifs is 2. The molecule has 152 valence electrons. The highest BCUT2D eigenvalue weighted by molar-refractivity contribution is 7.17. The van der Waals surface area contributed by atoms with Crippen molar-refractivity contribution in [1.29, 1.82) is 0 Å². The van der Waals surface area contributed by atoms with Crippen LogP contribution in [-0.4, -0.2) is 20.9 Å². The van der Waals surface area contributed by atoms with E-state index in [1.165, 1.54) is 17.7 Å². The van der Waals surface area contributed by atoms with E-state index in [1.807, 2.05) is 48.7 Å². The summed E-state index contributed by atoms with van der Waals surface area (Å²) >= 11 is 7.47. The number of anilines is 1. The van der Waals surface area contributed by atoms with Crippen molar-refractivity contribution in [3.63, 3.8) is 0 Å². The van der Waals surface area contributed by atoms with Gasteiger partial charge >= 0.3 is 0 Å². The fourth-order valence-electron chi connectivity index (χ4n) is 3.65. The fraction of sp³-hybridized carbons (Fsp3) is 0.0833. The summed E-state index contributed by atoms with van der Waals surface area (Å²) < 4.78 is 0.886. The average Bonchev–Trinajstić information content (AvgIpc) is 3.22. The van der Waals surface area contributed by atoms with E-state index in [0.717, 1.165) is 38.0 Å². The van der Waals surface area contributed by atoms with Gasteiger partial charge in [0.05, 0.1) is 27.2 Å². The Kier molecular flexibility index (Phi) is 5.10. The standard InChI is InChI=1S/C24H17ClN4OS/c1-14-2-7-17-18(8-9-27-20(17)10-15-3-5-16(25)6-4-15)22(14)29-24(30)19-12-31-21-11-26-13-28-23(19)21/h2-9,11-13H,10H2,1H3,(H,29,30). The van der Waals surface area contributed by atoms with Crippen LogP contribution in [0.3, 0.4) is 0 Å². The predicted molar refractivity (Wildman–Crippen MR) is 126 cm³/mol. The van der Waals surface area contributed by atoms with Crippen molar-refractivity contribution >= 4 is 55.5 Å². The summed E-state index contributed by atoms with van der Waals surface area (Å²) in [6.07, 6.45) is 5.65. The van der Waals surface area contributed by atoms with Gasteiger partial charge in [0.25, 0.3) is 5.91 Å². The number of nitrogens with zero attached hydrogens (tertiary/aromatic N) is 3. The maximum Gasteiger partial charge on any atom is 0.258 e. The number of hydrogen-bond acceptors (Lipinski definition) is 5. The molecule has 5 rings (SSSR count). The molecule has 0 aliphatic heterocycles. The zero-order valence-corrected chi connectivity index (χ0v) is 18.2. The van der Waals surface area contributed by atoms with Gasteiger partial charge in [0.2, 0.25) is 0 Å². The molecule has 0 spiro atoms. The van der Waals surface area contributed by atoms with Gasteiger partial charge in [0.15, 0.2) is 0 Å². The van der Waals surface area contributed by atoms with Crippen molar-refractivity contribution in [3.05, 3.63) is 94.0 Å². The lowest BCUT2D eigenvalue weighted by atomic mass is 10.00. The molecule has 0 unspecified atom stereocenters. The molecule has 1 amide bonds. The Labute approximate surface area is 187 Å². The van der Waals surface area contributed by atoms with Gasteiger partial charge in [0.1, 0.15) is 6.33 Å². The number of carbonyl (C=O) groups excluding carboxylic acids is 1. The van der Waals surface area contributed by atoms with E-state index in [9.17, 15) is 4.79 Å². The van der Waals surface area contributed by atoms with Gasteiger partial charge in [0, 0.05) is 40.0 Å². The molecule has 0 saturated carbocycles. The first-order valence-corrected chi connectivity index (χ1v) is 11.0. The Morgan fingerprint density at radius 2 is 1.90 bits per heavy atom. The van der Waals surface area contributed by atoms with Crippen LogP contribution in [0.4, 0.5) is 5.69 Å². The first-order valence-electron chi connectivity index (χ1n) is 9.70. The van der Waals surface area contributed by atoms with Crippen LogP contribution in [0.5, 0.6) is 0 Å². The number of rotatable bonds is 4. The molecule has 0 bridgehead atoms. The lowest BCUT2D eigenvalue weighted by Gasteiger charge is -2.14. The molecular formula is C24H17ClN4OS. The molecule has 0 radical (unpaired) electrons. The lowest BCUT2D eigenvalue weighted by Crippen LogP contribution is -2.13. The van der Waals surface area contributed by atoms with Gasteiger partial charge in [-0.2, -0.15) is 0 Å². The summed E-state index contributed by atoms with van der Waals surface area (Å²) in [7, 11) is 0. The normalized spacial score (nSPS) is 11.2. The quantitative estimate of drug-likeness (QED) is 0.366. The molecule has 0 atom stereocenters. The van der Waals surface area contributed by atoms with E-state index in [2.05, 4.69) is 26.3 Å². The van der Waals surface area contributed by atoms with Crippen LogP contribution in [0, 0.1) is 6.92 Å². The molecule has 0 saturated heterocycles. The van der Waals surface area contributed by atoms with Crippen LogP contribution in [0.15, 0.2) is 66.6 Å². The van der Waals surface area contributed by atoms with Gasteiger partial charge in [-0.25, -0.2) is 9.97 Å². The Hall–Kier alpha value is -3.35. The van der Waals surface area contributed by atoms with Crippen LogP contribution in [0.25, 0.3) is 21.0 Å². The molecule has 0 fully saturated rings. The Balaban J connectivity index is 1.53. The second-order valence-electron chi connectivity index (χ2n) is 7.25. The molecule has 1 N–H and O–H groups in total. The number of nitrogens with one attached hydrogen (secondary N) is 1. The molecule has 31 heavy (non-hydrogen) atoms. The van der Waals surface area contributed by atoms with E-state index in [0.29, 0.717) is 22.5 Å². The summed E-state index contributed by atoms with van der Waals surface area (Å²) in [6.45, 7) is 1.99. The van der Waals surface area contributed by atoms with Crippen LogP contribution >= 0.6 is 22.9 Å². The molecular weight excluding hydrogens is 428 g/mol. The number of aromatic nitrogens is 3. The highest BCUT2D eigenvalue weighted by atomic mass is 35.5. The summed E-state index contributed by atoms with van der Waals surface area (Å²) in [6, 6.07) is 13.8. The molecule has 0 aliphatic rings. The van der Waals surface area contributed by atoms with Gasteiger partial charge in [-0.15, -0.1) is 11.3 Å². The van der Waals surface area contributed by atoms with Crippen LogP contribution in [-0.2, 0) is 6.42 Å². The van der Waals surface area contributed by atoms with E-state index in [4.69, 9.17) is 11.6 Å². The minimum atomic E-state index is -0.184. The van der Waals surface area contributed by atoms with Crippen molar-refractivity contribution in [2.24, 2.45) is 0 Å². The number of thiophene rings is 1. The number of benzene rings is 2. The number of pyridine rings is 1. The summed E-state index contributed by atoms with van der Waals surface area (Å²) in [5, 5.41) is 7.61. The second-order valence-corrected chi connectivity index (χ2v) is 8.60. The van der Waals surface area contributed by atoms with E-state index >= 15 is 0 Å². The number of aryl methyl sites for hydroxylation is 1. The number of hydrogen-bond donors (Lipinski definition) is 1. The molecule has 7 heteroatoms. The van der Waals surface area contributed by atoms with Crippen molar-refractivity contribution in [2.75, 3.05) is 5.32 Å². The first-order chi connectivity index (χ1) is 15.1. The Morgan fingerprint density at radius 3 is 2.74 bits per heavy atom. The van der Waals surface area contributed by atoms with Gasteiger partial charge < -0.3 is 5.32 Å². The van der Waals surface area contributed by atoms with Crippen molar-refractivity contribution < 1.29 is 4.79 Å². The SMILES string of the molecule is Cc1ccc2c(Cc3ccc(Cl)cc3)nccc2c1NC(=O)c1csc2cncnc12. The third kappa shape index (κ3) is 3.76. The number of carbonyl (C=O) groups is 1. The second kappa shape index (κ2) is 8.06. The number of halogens is 1. The van der Waals surface area contributed by atoms with Crippen LogP contribution in [0.1, 0.15) is 27.2 Å². The molecule has 2 aromatic carbocycles. The highest BCUT2D eigenvalue weighted by Gasteiger charge is 2.17. The smallest absolute Gasteiger partial charge is 0.258 e. The van der Waals surface area contributed by atoms with Gasteiger partial charge in [-0.1, -0.05) is 35.9 Å². The topological polar surface area (TPSA) is 67.8 Å². The van der Waals surface area contributed by atoms with E-state index in [1.54, 1.807) is 12.4 Å². The zero-order valence-electron chi connectivity index (χ0n) is 16.6. The van der Waals surface area contributed by atoms with Gasteiger partial charge in [-0.05, 0) is 36.2 Å². The maximum absolute atomic E-state index is 13.1. The largest absolute Gasteiger partial charge is 0.321 e. The Morgan fingerprint density at radius 1 is 1.06 bits per heavy atom. The Bertz CT molecular complexity index is 1430. The lowest BCUT2D eigenvalue weighted by molar-refractivity contribution is 0.102. The number of amides is 1. The maximum atomic E-state index is 13.1. The minimum Gasteiger partial charge on any atom is -0.321 e. The van der Waals surface area contributed by atoms with Crippen molar-refractivity contribution in [2.45, 2.75) is 13.3 Å². The average molecular weight is 445 g/mol. The predicted octanol–water partition coefficient (Wildman–Crippen LogP) is 6.04. The van der Waals surface area contributed by atoms with E-state index in [-0.39, 0.29) is 5.91 Å². The summed E-state index contributed by atoms with van der Waals surface area (Å²) in [5.41, 5.74) is 5.06. The van der Waals surface area contributed by atoms with Crippen molar-refractivity contribution in [3.8, 4) is 0 Å². The van der Waals surface area contributed by atoms with Crippen molar-refractivity contribution in [1.82, 2.24) is 15.0 Å². The highest BCUT2D eigenvalue weighted by Crippen LogP contribution is 2.31.